The Hall–Kier alpha value is -2.69. The van der Waals surface area contributed by atoms with Gasteiger partial charge < -0.3 is 5.32 Å². The maximum Gasteiger partial charge on any atom is 0.143 e. The zero-order valence-electron chi connectivity index (χ0n) is 11.8. The largest absolute Gasteiger partial charge is 0.377 e. The second-order valence-electron chi connectivity index (χ2n) is 4.79. The monoisotopic (exact) mass is 279 g/mol. The van der Waals surface area contributed by atoms with Gasteiger partial charge in [-0.2, -0.15) is 4.68 Å². The molecule has 0 aliphatic carbocycles. The van der Waals surface area contributed by atoms with Crippen molar-refractivity contribution in [2.24, 2.45) is 0 Å². The van der Waals surface area contributed by atoms with Crippen LogP contribution >= 0.6 is 0 Å². The Balaban J connectivity index is 1.91. The smallest absolute Gasteiger partial charge is 0.143 e. The number of nitrogens with one attached hydrogen (secondary N) is 1. The Morgan fingerprint density at radius 2 is 1.81 bits per heavy atom. The third-order valence-corrected chi connectivity index (χ3v) is 3.44. The third-order valence-electron chi connectivity index (χ3n) is 3.44. The van der Waals surface area contributed by atoms with Crippen LogP contribution in [0.15, 0.2) is 60.9 Å². The number of aromatic nitrogens is 4. The van der Waals surface area contributed by atoms with Gasteiger partial charge in [0, 0.05) is 0 Å². The summed E-state index contributed by atoms with van der Waals surface area (Å²) in [6.45, 7) is 2.17. The molecule has 106 valence electrons. The maximum atomic E-state index is 3.97. The fraction of sp³-hybridized carbons (Fsp3) is 0.188. The predicted octanol–water partition coefficient (Wildman–Crippen LogP) is 3.23. The van der Waals surface area contributed by atoms with Crippen LogP contribution in [-0.4, -0.2) is 20.2 Å². The molecular formula is C16H17N5. The highest BCUT2D eigenvalue weighted by molar-refractivity contribution is 5.61. The van der Waals surface area contributed by atoms with E-state index in [1.807, 2.05) is 30.3 Å². The molecule has 5 nitrogen and oxygen atoms in total. The zero-order valence-corrected chi connectivity index (χ0v) is 11.8. The minimum Gasteiger partial charge on any atom is -0.377 e. The molecule has 0 saturated heterocycles. The van der Waals surface area contributed by atoms with Crippen LogP contribution in [0.5, 0.6) is 0 Å². The van der Waals surface area contributed by atoms with E-state index in [-0.39, 0.29) is 6.04 Å². The van der Waals surface area contributed by atoms with Crippen molar-refractivity contribution in [3.63, 3.8) is 0 Å². The Bertz CT molecular complexity index is 679. The van der Waals surface area contributed by atoms with E-state index in [1.165, 1.54) is 5.56 Å². The van der Waals surface area contributed by atoms with Crippen molar-refractivity contribution in [3.05, 3.63) is 66.5 Å². The number of tetrazole rings is 1. The summed E-state index contributed by atoms with van der Waals surface area (Å²) in [7, 11) is 0. The van der Waals surface area contributed by atoms with Crippen molar-refractivity contribution in [2.45, 2.75) is 19.4 Å². The van der Waals surface area contributed by atoms with Crippen LogP contribution in [0.25, 0.3) is 5.69 Å². The minimum absolute atomic E-state index is 0.254. The lowest BCUT2D eigenvalue weighted by Gasteiger charge is -2.20. The Kier molecular flexibility index (Phi) is 3.91. The number of benzene rings is 2. The molecule has 3 rings (SSSR count). The molecule has 1 N–H and O–H groups in total. The van der Waals surface area contributed by atoms with Crippen molar-refractivity contribution in [1.82, 2.24) is 20.2 Å². The van der Waals surface area contributed by atoms with Gasteiger partial charge in [0.05, 0.1) is 17.4 Å². The normalized spacial score (nSPS) is 12.0. The highest BCUT2D eigenvalue weighted by Crippen LogP contribution is 2.26. The fourth-order valence-corrected chi connectivity index (χ4v) is 2.36. The van der Waals surface area contributed by atoms with Gasteiger partial charge in [0.25, 0.3) is 0 Å². The minimum atomic E-state index is 0.254. The van der Waals surface area contributed by atoms with E-state index in [4.69, 9.17) is 0 Å². The summed E-state index contributed by atoms with van der Waals surface area (Å²) < 4.78 is 1.67. The summed E-state index contributed by atoms with van der Waals surface area (Å²) in [5.74, 6) is 0. The first-order chi connectivity index (χ1) is 10.4. The molecule has 0 bridgehead atoms. The summed E-state index contributed by atoms with van der Waals surface area (Å²) >= 11 is 0. The quantitative estimate of drug-likeness (QED) is 0.779. The lowest BCUT2D eigenvalue weighted by atomic mass is 10.0. The van der Waals surface area contributed by atoms with Gasteiger partial charge in [-0.05, 0) is 34.5 Å². The molecule has 3 aromatic rings. The van der Waals surface area contributed by atoms with Gasteiger partial charge >= 0.3 is 0 Å². The van der Waals surface area contributed by atoms with E-state index in [0.717, 1.165) is 17.8 Å². The standard InChI is InChI=1S/C16H17N5/c1-2-14(13-8-4-3-5-9-13)18-15-10-6-7-11-16(15)21-12-17-19-20-21/h3-12,14,18H,2H2,1H3. The zero-order chi connectivity index (χ0) is 14.5. The van der Waals surface area contributed by atoms with Gasteiger partial charge in [0.15, 0.2) is 0 Å². The Morgan fingerprint density at radius 3 is 2.52 bits per heavy atom. The van der Waals surface area contributed by atoms with E-state index in [0.29, 0.717) is 0 Å². The van der Waals surface area contributed by atoms with Crippen molar-refractivity contribution in [3.8, 4) is 5.69 Å². The molecule has 1 aromatic heterocycles. The van der Waals surface area contributed by atoms with E-state index in [1.54, 1.807) is 11.0 Å². The lowest BCUT2D eigenvalue weighted by Crippen LogP contribution is -2.12. The first kappa shape index (κ1) is 13.3. The average Bonchev–Trinajstić information content (AvgIpc) is 3.08. The average molecular weight is 279 g/mol. The molecule has 0 aliphatic rings. The van der Waals surface area contributed by atoms with Crippen LogP contribution in [0.4, 0.5) is 5.69 Å². The molecule has 0 saturated carbocycles. The molecule has 0 fully saturated rings. The molecule has 2 aromatic carbocycles. The summed E-state index contributed by atoms with van der Waals surface area (Å²) in [5.41, 5.74) is 3.23. The number of para-hydroxylation sites is 2. The first-order valence-corrected chi connectivity index (χ1v) is 7.02. The van der Waals surface area contributed by atoms with E-state index in [9.17, 15) is 0 Å². The molecule has 1 unspecified atom stereocenters. The van der Waals surface area contributed by atoms with E-state index in [2.05, 4.69) is 52.0 Å². The SMILES string of the molecule is CCC(Nc1ccccc1-n1cnnn1)c1ccccc1. The summed E-state index contributed by atoms with van der Waals surface area (Å²) in [5, 5.41) is 15.0. The highest BCUT2D eigenvalue weighted by Gasteiger charge is 2.12. The molecule has 21 heavy (non-hydrogen) atoms. The van der Waals surface area contributed by atoms with Crippen molar-refractivity contribution < 1.29 is 0 Å². The lowest BCUT2D eigenvalue weighted by molar-refractivity contribution is 0.742. The molecule has 1 atom stereocenters. The van der Waals surface area contributed by atoms with Gasteiger partial charge in [-0.1, -0.05) is 49.4 Å². The summed E-state index contributed by atoms with van der Waals surface area (Å²) in [6, 6.07) is 18.7. The van der Waals surface area contributed by atoms with Gasteiger partial charge in [-0.3, -0.25) is 0 Å². The predicted molar refractivity (Wildman–Crippen MR) is 82.3 cm³/mol. The van der Waals surface area contributed by atoms with E-state index < -0.39 is 0 Å². The first-order valence-electron chi connectivity index (χ1n) is 7.02. The molecule has 0 aliphatic heterocycles. The van der Waals surface area contributed by atoms with Gasteiger partial charge in [-0.25, -0.2) is 0 Å². The van der Waals surface area contributed by atoms with Gasteiger partial charge in [0.2, 0.25) is 0 Å². The number of hydrogen-bond acceptors (Lipinski definition) is 4. The number of rotatable bonds is 5. The van der Waals surface area contributed by atoms with Crippen LogP contribution in [0.3, 0.4) is 0 Å². The van der Waals surface area contributed by atoms with Gasteiger partial charge in [0.1, 0.15) is 6.33 Å². The fourth-order valence-electron chi connectivity index (χ4n) is 2.36. The molecule has 0 spiro atoms. The number of nitrogens with zero attached hydrogens (tertiary/aromatic N) is 4. The molecule has 5 heteroatoms. The molecular weight excluding hydrogens is 262 g/mol. The molecule has 1 heterocycles. The Morgan fingerprint density at radius 1 is 1.05 bits per heavy atom. The van der Waals surface area contributed by atoms with Crippen molar-refractivity contribution >= 4 is 5.69 Å². The second kappa shape index (κ2) is 6.17. The summed E-state index contributed by atoms with van der Waals surface area (Å²) in [6.07, 6.45) is 2.60. The van der Waals surface area contributed by atoms with Crippen LogP contribution in [-0.2, 0) is 0 Å². The molecule has 0 radical (unpaired) electrons. The van der Waals surface area contributed by atoms with Crippen LogP contribution in [0, 0.1) is 0 Å². The molecule has 0 amide bonds. The van der Waals surface area contributed by atoms with Crippen LogP contribution < -0.4 is 5.32 Å². The van der Waals surface area contributed by atoms with Crippen LogP contribution in [0.2, 0.25) is 0 Å². The second-order valence-corrected chi connectivity index (χ2v) is 4.79. The van der Waals surface area contributed by atoms with Crippen molar-refractivity contribution in [2.75, 3.05) is 5.32 Å². The van der Waals surface area contributed by atoms with Crippen molar-refractivity contribution in [1.29, 1.82) is 0 Å². The van der Waals surface area contributed by atoms with E-state index >= 15 is 0 Å². The maximum absolute atomic E-state index is 3.97. The topological polar surface area (TPSA) is 55.6 Å². The highest BCUT2D eigenvalue weighted by atomic mass is 15.5. The third kappa shape index (κ3) is 2.91. The Labute approximate surface area is 123 Å². The number of anilines is 1. The van der Waals surface area contributed by atoms with Crippen LogP contribution in [0.1, 0.15) is 24.9 Å². The van der Waals surface area contributed by atoms with Gasteiger partial charge in [-0.15, -0.1) is 5.10 Å². The summed E-state index contributed by atoms with van der Waals surface area (Å²) in [4.78, 5) is 0. The number of hydrogen-bond donors (Lipinski definition) is 1.